The molecule has 0 N–H and O–H groups in total. The summed E-state index contributed by atoms with van der Waals surface area (Å²) < 4.78 is 7.25. The van der Waals surface area contributed by atoms with Crippen molar-refractivity contribution >= 4 is 149 Å². The number of anilines is 9. The summed E-state index contributed by atoms with van der Waals surface area (Å²) in [5, 5.41) is 15.1. The van der Waals surface area contributed by atoms with Crippen LogP contribution in [0, 0.1) is 0 Å². The molecular weight excluding hydrogens is 1740 g/mol. The maximum atomic E-state index is 2.44. The molecule has 3 heterocycles. The highest BCUT2D eigenvalue weighted by atomic mass is 15.2. The van der Waals surface area contributed by atoms with Gasteiger partial charge in [0.15, 0.2) is 0 Å². The summed E-state index contributed by atoms with van der Waals surface area (Å²) in [4.78, 5) is 7.15. The highest BCUT2D eigenvalue weighted by Gasteiger charge is 2.27. The minimum Gasteiger partial charge on any atom is -0.310 e. The minimum absolute atomic E-state index is 1.10. The maximum Gasteiger partial charge on any atom is 0.0782 e. The Kier molecular flexibility index (Phi) is 23.0. The van der Waals surface area contributed by atoms with Crippen molar-refractivity contribution in [3.63, 3.8) is 0 Å². The summed E-state index contributed by atoms with van der Waals surface area (Å²) in [5.74, 6) is 0. The van der Waals surface area contributed by atoms with Crippen LogP contribution in [0.3, 0.4) is 0 Å². The number of benzene rings is 24. The third-order valence-corrected chi connectivity index (χ3v) is 28.1. The zero-order valence-electron chi connectivity index (χ0n) is 79.1. The largest absolute Gasteiger partial charge is 0.310 e. The van der Waals surface area contributed by atoms with Crippen LogP contribution in [-0.4, -0.2) is 13.7 Å². The zero-order chi connectivity index (χ0) is 95.6. The Labute approximate surface area is 837 Å². The maximum absolute atomic E-state index is 2.44. The van der Waals surface area contributed by atoms with Gasteiger partial charge in [-0.15, -0.1) is 0 Å². The van der Waals surface area contributed by atoms with Crippen molar-refractivity contribution < 1.29 is 0 Å². The fourth-order valence-electron chi connectivity index (χ4n) is 21.3. The third-order valence-electron chi connectivity index (χ3n) is 28.1. The van der Waals surface area contributed by atoms with E-state index in [-0.39, 0.29) is 0 Å². The van der Waals surface area contributed by atoms with Gasteiger partial charge in [0, 0.05) is 94.9 Å². The van der Waals surface area contributed by atoms with Crippen LogP contribution in [0.15, 0.2) is 582 Å². The lowest BCUT2D eigenvalue weighted by Gasteiger charge is -2.27. The van der Waals surface area contributed by atoms with E-state index in [0.29, 0.717) is 0 Å². The smallest absolute Gasteiger partial charge is 0.0782 e. The second kappa shape index (κ2) is 38.3. The number of hydrogen-bond acceptors (Lipinski definition) is 3. The molecule has 0 unspecified atom stereocenters. The van der Waals surface area contributed by atoms with E-state index in [4.69, 9.17) is 0 Å². The molecule has 27 aromatic rings. The average Bonchev–Trinajstić information content (AvgIpc) is 1.56. The van der Waals surface area contributed by atoms with Gasteiger partial charge in [-0.3, -0.25) is 0 Å². The van der Waals surface area contributed by atoms with Crippen molar-refractivity contribution in [1.82, 2.24) is 13.7 Å². The number of aromatic nitrogens is 3. The first-order chi connectivity index (χ1) is 71.5. The quantitative estimate of drug-likeness (QED) is 0.0856. The van der Waals surface area contributed by atoms with Crippen molar-refractivity contribution in [3.05, 3.63) is 582 Å². The first-order valence-corrected chi connectivity index (χ1v) is 49.3. The van der Waals surface area contributed by atoms with E-state index < -0.39 is 0 Å². The van der Waals surface area contributed by atoms with E-state index in [1.165, 1.54) is 164 Å². The molecule has 0 atom stereocenters. The molecule has 24 aromatic carbocycles. The Morgan fingerprint density at radius 3 is 0.701 bits per heavy atom. The van der Waals surface area contributed by atoms with Crippen molar-refractivity contribution in [2.45, 2.75) is 0 Å². The van der Waals surface area contributed by atoms with Crippen LogP contribution >= 0.6 is 0 Å². The molecule has 0 bridgehead atoms. The number of rotatable bonds is 18. The van der Waals surface area contributed by atoms with Gasteiger partial charge in [0.1, 0.15) is 0 Å². The second-order valence-corrected chi connectivity index (χ2v) is 36.6. The first-order valence-electron chi connectivity index (χ1n) is 49.3. The topological polar surface area (TPSA) is 24.5 Å². The van der Waals surface area contributed by atoms with Crippen molar-refractivity contribution in [2.24, 2.45) is 0 Å². The van der Waals surface area contributed by atoms with Gasteiger partial charge in [0.05, 0.1) is 38.8 Å². The molecule has 0 aliphatic rings. The molecule has 0 radical (unpaired) electrons. The highest BCUT2D eigenvalue weighted by molar-refractivity contribution is 6.26. The molecule has 0 amide bonds. The number of fused-ring (bicyclic) bond motifs is 15. The Morgan fingerprint density at radius 1 is 0.125 bits per heavy atom. The fourth-order valence-corrected chi connectivity index (χ4v) is 21.3. The van der Waals surface area contributed by atoms with Crippen molar-refractivity contribution in [2.75, 3.05) is 14.7 Å². The van der Waals surface area contributed by atoms with Crippen LogP contribution in [0.4, 0.5) is 51.2 Å². The lowest BCUT2D eigenvalue weighted by molar-refractivity contribution is 1.17. The third kappa shape index (κ3) is 16.5. The summed E-state index contributed by atoms with van der Waals surface area (Å²) in [6.07, 6.45) is 0. The molecule has 0 saturated carbocycles. The number of para-hydroxylation sites is 4. The molecule has 3 aromatic heterocycles. The van der Waals surface area contributed by atoms with Gasteiger partial charge in [-0.05, 0) is 263 Å². The van der Waals surface area contributed by atoms with Crippen LogP contribution < -0.4 is 14.7 Å². The predicted molar refractivity (Wildman–Crippen MR) is 612 cm³/mol. The van der Waals surface area contributed by atoms with Gasteiger partial charge in [0.2, 0.25) is 0 Å². The van der Waals surface area contributed by atoms with E-state index in [9.17, 15) is 0 Å². The van der Waals surface area contributed by atoms with Crippen molar-refractivity contribution in [1.29, 1.82) is 0 Å². The van der Waals surface area contributed by atoms with Gasteiger partial charge in [-0.25, -0.2) is 0 Å². The molecule has 6 nitrogen and oxygen atoms in total. The predicted octanol–water partition coefficient (Wildman–Crippen LogP) is 38.2. The zero-order valence-corrected chi connectivity index (χ0v) is 79.1. The van der Waals surface area contributed by atoms with Gasteiger partial charge < -0.3 is 28.4 Å². The Morgan fingerprint density at radius 2 is 0.361 bits per heavy atom. The first kappa shape index (κ1) is 86.4. The summed E-state index contributed by atoms with van der Waals surface area (Å²) in [6.45, 7) is 0. The van der Waals surface area contributed by atoms with Crippen LogP contribution in [0.2, 0.25) is 0 Å². The highest BCUT2D eigenvalue weighted by Crippen LogP contribution is 2.50. The van der Waals surface area contributed by atoms with Gasteiger partial charge in [-0.2, -0.15) is 0 Å². The fraction of sp³-hybridized carbons (Fsp3) is 0. The standard InChI is InChI=1S/3C46H32N2/c1-4-13-33(14-5-1)35-23-28-39(29-24-35)47(40-30-25-36(26-31-40)34-15-6-2-7-16-34)44-22-12-21-42-45-41-20-11-10-17-37(41)27-32-43(45)48(46(42)44)38-18-8-3-9-19-38;1-4-12-33(13-5-1)35-20-25-39(26-21-35)47(40-27-22-36(23-28-40)34-14-6-2-7-15-34)41-29-30-43-45(32-41)48(38-17-8-3-9-18-38)44-31-24-37-16-10-11-19-42(37)46(43)44;1-4-12-33(13-5-1)35-20-25-39(26-21-35)47(40-27-22-36(23-28-40)34-14-6-2-7-15-34)41-29-31-44-43(32-41)46-42-19-11-10-16-37(42)24-30-45(46)48(44)38-17-8-3-9-18-38/h3*1-32H. The van der Waals surface area contributed by atoms with Crippen LogP contribution in [0.5, 0.6) is 0 Å². The van der Waals surface area contributed by atoms with Crippen molar-refractivity contribution in [3.8, 4) is 83.8 Å². The molecule has 0 fully saturated rings. The Bertz CT molecular complexity index is 8970. The summed E-state index contributed by atoms with van der Waals surface area (Å²) in [7, 11) is 0. The molecule has 0 aliphatic carbocycles. The summed E-state index contributed by atoms with van der Waals surface area (Å²) in [6, 6.07) is 210. The normalized spacial score (nSPS) is 11.3. The summed E-state index contributed by atoms with van der Waals surface area (Å²) in [5.41, 5.74) is 35.0. The monoisotopic (exact) mass is 1840 g/mol. The molecule has 6 heteroatoms. The average molecular weight is 1840 g/mol. The summed E-state index contributed by atoms with van der Waals surface area (Å²) >= 11 is 0. The molecule has 0 aliphatic heterocycles. The number of nitrogens with zero attached hydrogens (tertiary/aromatic N) is 6. The van der Waals surface area contributed by atoms with Crippen LogP contribution in [-0.2, 0) is 0 Å². The van der Waals surface area contributed by atoms with E-state index in [1.807, 2.05) is 0 Å². The van der Waals surface area contributed by atoms with Gasteiger partial charge in [0.25, 0.3) is 0 Å². The Balaban J connectivity index is 0.000000113. The van der Waals surface area contributed by atoms with E-state index >= 15 is 0 Å². The van der Waals surface area contributed by atoms with Crippen LogP contribution in [0.25, 0.3) is 182 Å². The lowest BCUT2D eigenvalue weighted by atomic mass is 10.0. The van der Waals surface area contributed by atoms with E-state index in [1.54, 1.807) is 0 Å². The second-order valence-electron chi connectivity index (χ2n) is 36.6. The Hall–Kier alpha value is -19.1. The molecule has 0 saturated heterocycles. The molecular formula is C138H96N6. The molecule has 678 valence electrons. The van der Waals surface area contributed by atoms with E-state index in [2.05, 4.69) is 611 Å². The lowest BCUT2D eigenvalue weighted by Crippen LogP contribution is -2.11. The SMILES string of the molecule is c1ccc(-c2ccc(N(c3ccc(-c4ccccc4)cc3)c3ccc4c(c3)c3c5ccccc5ccc3n4-c3ccccc3)cc2)cc1.c1ccc(-c2ccc(N(c3ccc(-c4ccccc4)cc3)c3ccc4c5c6ccccc6ccc5n(-c5ccccc5)c4c3)cc2)cc1.c1ccc(-c2ccc(N(c3ccc(-c4ccccc4)cc3)c3cccc4c5c6ccccc6ccc5n(-c5ccccc5)c34)cc2)cc1. The molecule has 144 heavy (non-hydrogen) atoms. The van der Waals surface area contributed by atoms with Crippen LogP contribution in [0.1, 0.15) is 0 Å². The minimum atomic E-state index is 1.10. The number of hydrogen-bond donors (Lipinski definition) is 0. The molecule has 27 rings (SSSR count). The molecule has 0 spiro atoms. The van der Waals surface area contributed by atoms with Gasteiger partial charge in [-0.1, -0.05) is 419 Å². The van der Waals surface area contributed by atoms with E-state index in [0.717, 1.165) is 68.2 Å². The van der Waals surface area contributed by atoms with Gasteiger partial charge >= 0.3 is 0 Å².